The molecule has 1 aromatic carbocycles. The number of carboxylic acids is 4. The number of rotatable bonds is 7. The fraction of sp³-hybridized carbons (Fsp3) is 0.300. The van der Waals surface area contributed by atoms with Gasteiger partial charge in [0.15, 0.2) is 0 Å². The van der Waals surface area contributed by atoms with Crippen LogP contribution in [0, 0.1) is 0 Å². The Hall–Kier alpha value is -3.54. The Bertz CT molecular complexity index is 697. The van der Waals surface area contributed by atoms with Crippen LogP contribution in [0.4, 0.5) is 0 Å². The van der Waals surface area contributed by atoms with Crippen LogP contribution in [0.25, 0.3) is 0 Å². The van der Waals surface area contributed by atoms with Gasteiger partial charge in [-0.2, -0.15) is 0 Å². The molecule has 0 aromatic heterocycles. The van der Waals surface area contributed by atoms with Crippen LogP contribution in [0.3, 0.4) is 0 Å². The number of aliphatic carboxylic acids is 4. The normalized spacial score (nSPS) is 16.0. The highest BCUT2D eigenvalue weighted by Gasteiger charge is 2.17. The number of aliphatic hydroxyl groups is 1. The van der Waals surface area contributed by atoms with Crippen molar-refractivity contribution in [1.29, 1.82) is 0 Å². The van der Waals surface area contributed by atoms with E-state index in [1.54, 1.807) is 0 Å². The summed E-state index contributed by atoms with van der Waals surface area (Å²) in [4.78, 5) is 40.6. The first-order valence-corrected chi connectivity index (χ1v) is 9.02. The van der Waals surface area contributed by atoms with Gasteiger partial charge in [-0.25, -0.2) is 19.2 Å². The van der Waals surface area contributed by atoms with Crippen molar-refractivity contribution in [3.63, 3.8) is 0 Å². The zero-order chi connectivity index (χ0) is 23.6. The van der Waals surface area contributed by atoms with Crippen molar-refractivity contribution in [2.75, 3.05) is 26.2 Å². The van der Waals surface area contributed by atoms with Gasteiger partial charge in [0, 0.05) is 56.5 Å². The Morgan fingerprint density at radius 3 is 1.71 bits per heavy atom. The second-order valence-electron chi connectivity index (χ2n) is 6.07. The number of hydrogen-bond donors (Lipinski definition) is 6. The molecule has 1 fully saturated rings. The molecule has 1 unspecified atom stereocenters. The Morgan fingerprint density at radius 2 is 1.32 bits per heavy atom. The number of nitrogens with one attached hydrogen (secondary N) is 1. The van der Waals surface area contributed by atoms with Crippen LogP contribution < -0.4 is 5.32 Å². The van der Waals surface area contributed by atoms with E-state index in [0.717, 1.165) is 26.2 Å². The Kier molecular flexibility index (Phi) is 14.4. The van der Waals surface area contributed by atoms with Crippen LogP contribution in [0.2, 0.25) is 0 Å². The maximum absolute atomic E-state index is 9.55. The van der Waals surface area contributed by atoms with Crippen molar-refractivity contribution in [2.24, 2.45) is 0 Å². The van der Waals surface area contributed by atoms with E-state index in [9.17, 15) is 19.2 Å². The fourth-order valence-corrected chi connectivity index (χ4v) is 2.29. The molecule has 1 aliphatic heterocycles. The third-order valence-electron chi connectivity index (χ3n) is 3.55. The monoisotopic (exact) mass is 438 g/mol. The summed E-state index contributed by atoms with van der Waals surface area (Å²) in [5, 5.41) is 43.6. The second kappa shape index (κ2) is 16.3. The predicted octanol–water partition coefficient (Wildman–Crippen LogP) is -0.124. The highest BCUT2D eigenvalue weighted by atomic mass is 16.4. The van der Waals surface area contributed by atoms with Crippen molar-refractivity contribution in [1.82, 2.24) is 10.2 Å². The van der Waals surface area contributed by atoms with Crippen molar-refractivity contribution in [3.8, 4) is 0 Å². The fourth-order valence-electron chi connectivity index (χ4n) is 2.29. The molecule has 1 saturated heterocycles. The molecular weight excluding hydrogens is 412 g/mol. The van der Waals surface area contributed by atoms with Crippen molar-refractivity contribution < 1.29 is 44.7 Å². The molecule has 0 bridgehead atoms. The molecule has 0 aliphatic carbocycles. The molecule has 170 valence electrons. The van der Waals surface area contributed by atoms with Gasteiger partial charge in [0.25, 0.3) is 0 Å². The number of carboxylic acid groups (broad SMARTS) is 4. The van der Waals surface area contributed by atoms with Gasteiger partial charge in [0.2, 0.25) is 0 Å². The molecule has 0 radical (unpaired) electrons. The van der Waals surface area contributed by atoms with Gasteiger partial charge >= 0.3 is 23.9 Å². The summed E-state index contributed by atoms with van der Waals surface area (Å²) in [6, 6.07) is 10.7. The predicted molar refractivity (Wildman–Crippen MR) is 109 cm³/mol. The summed E-state index contributed by atoms with van der Waals surface area (Å²) < 4.78 is 0. The van der Waals surface area contributed by atoms with E-state index in [2.05, 4.69) is 34.5 Å². The first kappa shape index (κ1) is 27.5. The largest absolute Gasteiger partial charge is 0.478 e. The molecule has 2 rings (SSSR count). The van der Waals surface area contributed by atoms with Crippen LogP contribution in [-0.2, 0) is 25.7 Å². The van der Waals surface area contributed by atoms with Crippen molar-refractivity contribution in [3.05, 3.63) is 60.2 Å². The molecule has 31 heavy (non-hydrogen) atoms. The number of carbonyl (C=O) groups is 4. The lowest BCUT2D eigenvalue weighted by Crippen LogP contribution is -2.51. The number of nitrogens with zero attached hydrogens (tertiary/aromatic N) is 1. The smallest absolute Gasteiger partial charge is 0.328 e. The van der Waals surface area contributed by atoms with Crippen LogP contribution >= 0.6 is 0 Å². The van der Waals surface area contributed by atoms with E-state index < -0.39 is 23.9 Å². The first-order chi connectivity index (χ1) is 14.6. The quantitative estimate of drug-likeness (QED) is 0.312. The van der Waals surface area contributed by atoms with Crippen LogP contribution in [-0.4, -0.2) is 86.6 Å². The molecule has 0 amide bonds. The average Bonchev–Trinajstić information content (AvgIpc) is 2.72. The molecule has 1 aliphatic rings. The molecule has 11 heteroatoms. The SMILES string of the molecule is O=C(O)/C=C/C(=O)O.O=C(O)/C=C/C(=O)O.OCC1CN(Cc2ccccc2)CCN1. The zero-order valence-electron chi connectivity index (χ0n) is 16.6. The molecule has 1 atom stereocenters. The van der Waals surface area contributed by atoms with Gasteiger partial charge in [0.1, 0.15) is 0 Å². The number of piperazine rings is 1. The van der Waals surface area contributed by atoms with E-state index in [1.807, 2.05) is 6.07 Å². The molecule has 0 spiro atoms. The standard InChI is InChI=1S/C12H18N2O.2C4H4O4/c15-10-12-9-14(7-6-13-12)8-11-4-2-1-3-5-11;2*5-3(6)1-2-4(7)8/h1-5,12-13,15H,6-10H2;2*1-2H,(H,5,6)(H,7,8)/b;2*2-1+. The van der Waals surface area contributed by atoms with Gasteiger partial charge in [-0.3, -0.25) is 4.90 Å². The summed E-state index contributed by atoms with van der Waals surface area (Å²) in [6.45, 7) is 4.18. The number of benzene rings is 1. The van der Waals surface area contributed by atoms with Gasteiger partial charge in [0.05, 0.1) is 6.61 Å². The topological polar surface area (TPSA) is 185 Å². The summed E-state index contributed by atoms with van der Waals surface area (Å²) >= 11 is 0. The Labute approximate surface area is 178 Å². The lowest BCUT2D eigenvalue weighted by molar-refractivity contribution is -0.134. The van der Waals surface area contributed by atoms with Gasteiger partial charge < -0.3 is 30.8 Å². The highest BCUT2D eigenvalue weighted by molar-refractivity contribution is 5.90. The minimum absolute atomic E-state index is 0.227. The lowest BCUT2D eigenvalue weighted by atomic mass is 10.1. The second-order valence-corrected chi connectivity index (χ2v) is 6.07. The van der Waals surface area contributed by atoms with Crippen LogP contribution in [0.1, 0.15) is 5.56 Å². The van der Waals surface area contributed by atoms with Crippen LogP contribution in [0.15, 0.2) is 54.6 Å². The molecular formula is C20H26N2O9. The third kappa shape index (κ3) is 17.1. The minimum atomic E-state index is -1.26. The third-order valence-corrected chi connectivity index (χ3v) is 3.55. The van der Waals surface area contributed by atoms with E-state index >= 15 is 0 Å². The summed E-state index contributed by atoms with van der Waals surface area (Å²) in [5.41, 5.74) is 1.34. The summed E-state index contributed by atoms with van der Waals surface area (Å²) in [6.07, 6.45) is 2.23. The number of hydrogen-bond acceptors (Lipinski definition) is 7. The first-order valence-electron chi connectivity index (χ1n) is 9.02. The van der Waals surface area contributed by atoms with Crippen molar-refractivity contribution >= 4 is 23.9 Å². The van der Waals surface area contributed by atoms with E-state index in [4.69, 9.17) is 25.5 Å². The average molecular weight is 438 g/mol. The van der Waals surface area contributed by atoms with E-state index in [1.165, 1.54) is 5.56 Å². The van der Waals surface area contributed by atoms with Crippen molar-refractivity contribution in [2.45, 2.75) is 12.6 Å². The molecule has 0 saturated carbocycles. The Balaban J connectivity index is 0.000000483. The van der Waals surface area contributed by atoms with Gasteiger partial charge in [-0.15, -0.1) is 0 Å². The van der Waals surface area contributed by atoms with Gasteiger partial charge in [-0.05, 0) is 5.56 Å². The van der Waals surface area contributed by atoms with Gasteiger partial charge in [-0.1, -0.05) is 30.3 Å². The molecule has 11 nitrogen and oxygen atoms in total. The molecule has 1 aromatic rings. The lowest BCUT2D eigenvalue weighted by Gasteiger charge is -2.32. The summed E-state index contributed by atoms with van der Waals surface area (Å²) in [7, 11) is 0. The zero-order valence-corrected chi connectivity index (χ0v) is 16.6. The van der Waals surface area contributed by atoms with E-state index in [0.29, 0.717) is 24.3 Å². The highest BCUT2D eigenvalue weighted by Crippen LogP contribution is 2.06. The van der Waals surface area contributed by atoms with Crippen LogP contribution in [0.5, 0.6) is 0 Å². The molecule has 6 N–H and O–H groups in total. The van der Waals surface area contributed by atoms with E-state index in [-0.39, 0.29) is 12.6 Å². The number of aliphatic hydroxyl groups excluding tert-OH is 1. The Morgan fingerprint density at radius 1 is 0.871 bits per heavy atom. The summed E-state index contributed by atoms with van der Waals surface area (Å²) in [5.74, 6) is -5.03. The molecule has 1 heterocycles. The maximum atomic E-state index is 9.55. The maximum Gasteiger partial charge on any atom is 0.328 e. The minimum Gasteiger partial charge on any atom is -0.478 e.